The van der Waals surface area contributed by atoms with Crippen LogP contribution < -0.4 is 5.73 Å². The average Bonchev–Trinajstić information content (AvgIpc) is 2.68. The van der Waals surface area contributed by atoms with Crippen LogP contribution in [-0.2, 0) is 0 Å². The molecule has 2 atom stereocenters. The molecule has 0 saturated heterocycles. The number of hydrogen-bond donors (Lipinski definition) is 1. The van der Waals surface area contributed by atoms with E-state index in [0.29, 0.717) is 18.7 Å². The molecule has 0 amide bonds. The van der Waals surface area contributed by atoms with Gasteiger partial charge in [0, 0.05) is 29.4 Å². The first-order valence-corrected chi connectivity index (χ1v) is 9.72. The van der Waals surface area contributed by atoms with Gasteiger partial charge in [0.15, 0.2) is 0 Å². The highest BCUT2D eigenvalue weighted by molar-refractivity contribution is 9.10. The van der Waals surface area contributed by atoms with Gasteiger partial charge in [0.25, 0.3) is 0 Å². The van der Waals surface area contributed by atoms with Gasteiger partial charge in [-0.1, -0.05) is 41.1 Å². The summed E-state index contributed by atoms with van der Waals surface area (Å²) in [7, 11) is 0. The summed E-state index contributed by atoms with van der Waals surface area (Å²) >= 11 is 3.50. The van der Waals surface area contributed by atoms with Crippen molar-refractivity contribution in [3.8, 4) is 18.2 Å². The third kappa shape index (κ3) is 3.04. The van der Waals surface area contributed by atoms with Crippen LogP contribution in [0, 0.1) is 45.3 Å². The molecule has 5 nitrogen and oxygen atoms in total. The Labute approximate surface area is 168 Å². The second kappa shape index (κ2) is 7.57. The van der Waals surface area contributed by atoms with Crippen molar-refractivity contribution in [3.05, 3.63) is 57.2 Å². The fourth-order valence-corrected chi connectivity index (χ4v) is 4.69. The molecule has 1 aliphatic heterocycles. The Morgan fingerprint density at radius 3 is 2.63 bits per heavy atom. The van der Waals surface area contributed by atoms with E-state index >= 15 is 0 Å². The summed E-state index contributed by atoms with van der Waals surface area (Å²) < 4.78 is 0.917. The zero-order chi connectivity index (χ0) is 19.6. The molecule has 0 aromatic heterocycles. The van der Waals surface area contributed by atoms with Crippen LogP contribution in [0.3, 0.4) is 0 Å². The fourth-order valence-electron chi connectivity index (χ4n) is 4.27. The number of nitriles is 3. The number of benzene rings is 1. The van der Waals surface area contributed by atoms with Crippen LogP contribution >= 0.6 is 15.9 Å². The largest absolute Gasteiger partial charge is 0.399 e. The van der Waals surface area contributed by atoms with E-state index in [1.54, 1.807) is 0 Å². The van der Waals surface area contributed by atoms with Gasteiger partial charge in [-0.3, -0.25) is 4.90 Å². The monoisotopic (exact) mass is 421 g/mol. The van der Waals surface area contributed by atoms with Gasteiger partial charge in [-0.2, -0.15) is 15.8 Å². The second-order valence-electron chi connectivity index (χ2n) is 6.97. The number of allylic oxidation sites excluding steroid dienone is 2. The molecule has 1 aliphatic carbocycles. The van der Waals surface area contributed by atoms with Crippen LogP contribution in [0.5, 0.6) is 0 Å². The molecule has 2 aliphatic rings. The quantitative estimate of drug-likeness (QED) is 0.751. The normalized spacial score (nSPS) is 24.2. The molecule has 6 heteroatoms. The Bertz CT molecular complexity index is 927. The molecule has 2 N–H and O–H groups in total. The lowest BCUT2D eigenvalue weighted by Crippen LogP contribution is -2.47. The van der Waals surface area contributed by atoms with Crippen molar-refractivity contribution in [2.45, 2.75) is 19.3 Å². The summed E-state index contributed by atoms with van der Waals surface area (Å²) in [5.74, 6) is -0.408. The molecule has 27 heavy (non-hydrogen) atoms. The SMILES string of the molecule is CCCN1CC=C2[C@H](C1)[C@H](c1cccc(Br)c1)C(C#N)=C(N)C2(C#N)C#N. The molecule has 1 heterocycles. The molecule has 0 fully saturated rings. The number of nitrogens with zero attached hydrogens (tertiary/aromatic N) is 4. The van der Waals surface area contributed by atoms with E-state index in [9.17, 15) is 15.8 Å². The molecule has 1 aromatic carbocycles. The van der Waals surface area contributed by atoms with Crippen LogP contribution in [0.25, 0.3) is 0 Å². The Morgan fingerprint density at radius 1 is 1.30 bits per heavy atom. The summed E-state index contributed by atoms with van der Waals surface area (Å²) in [5.41, 5.74) is 6.85. The zero-order valence-corrected chi connectivity index (χ0v) is 16.7. The second-order valence-corrected chi connectivity index (χ2v) is 7.89. The lowest BCUT2D eigenvalue weighted by Gasteiger charge is -2.45. The summed E-state index contributed by atoms with van der Waals surface area (Å²) in [4.78, 5) is 2.30. The number of fused-ring (bicyclic) bond motifs is 1. The Kier molecular flexibility index (Phi) is 5.38. The average molecular weight is 422 g/mol. The van der Waals surface area contributed by atoms with E-state index in [-0.39, 0.29) is 17.5 Å². The predicted octanol–water partition coefficient (Wildman–Crippen LogP) is 3.58. The smallest absolute Gasteiger partial charge is 0.204 e. The van der Waals surface area contributed by atoms with E-state index in [1.807, 2.05) is 30.3 Å². The molecule has 136 valence electrons. The lowest BCUT2D eigenvalue weighted by molar-refractivity contribution is 0.225. The first kappa shape index (κ1) is 19.2. The van der Waals surface area contributed by atoms with Gasteiger partial charge in [-0.25, -0.2) is 0 Å². The van der Waals surface area contributed by atoms with Crippen LogP contribution in [0.1, 0.15) is 24.8 Å². The lowest BCUT2D eigenvalue weighted by atomic mass is 9.60. The molecule has 0 saturated carbocycles. The highest BCUT2D eigenvalue weighted by Crippen LogP contribution is 2.52. The van der Waals surface area contributed by atoms with Gasteiger partial charge in [-0.15, -0.1) is 0 Å². The maximum absolute atomic E-state index is 9.89. The van der Waals surface area contributed by atoms with Gasteiger partial charge >= 0.3 is 0 Å². The number of hydrogen-bond acceptors (Lipinski definition) is 5. The van der Waals surface area contributed by atoms with Crippen molar-refractivity contribution in [3.63, 3.8) is 0 Å². The van der Waals surface area contributed by atoms with Gasteiger partial charge in [0.05, 0.1) is 29.5 Å². The third-order valence-corrected chi connectivity index (χ3v) is 5.96. The Morgan fingerprint density at radius 2 is 2.04 bits per heavy atom. The van der Waals surface area contributed by atoms with Crippen molar-refractivity contribution in [1.29, 1.82) is 15.8 Å². The molecular formula is C21H20BrN5. The van der Waals surface area contributed by atoms with E-state index in [1.165, 1.54) is 0 Å². The van der Waals surface area contributed by atoms with Crippen molar-refractivity contribution >= 4 is 15.9 Å². The van der Waals surface area contributed by atoms with Crippen molar-refractivity contribution in [2.24, 2.45) is 17.1 Å². The van der Waals surface area contributed by atoms with E-state index in [2.05, 4.69) is 46.0 Å². The summed E-state index contributed by atoms with van der Waals surface area (Å²) in [6, 6.07) is 14.3. The summed E-state index contributed by atoms with van der Waals surface area (Å²) in [6.45, 7) is 4.43. The zero-order valence-electron chi connectivity index (χ0n) is 15.1. The van der Waals surface area contributed by atoms with Crippen molar-refractivity contribution in [2.75, 3.05) is 19.6 Å². The first-order valence-electron chi connectivity index (χ1n) is 8.93. The van der Waals surface area contributed by atoms with Gasteiger partial charge < -0.3 is 5.73 Å². The third-order valence-electron chi connectivity index (χ3n) is 5.47. The van der Waals surface area contributed by atoms with Crippen LogP contribution in [-0.4, -0.2) is 24.5 Å². The number of halogens is 1. The first-order chi connectivity index (χ1) is 13.0. The van der Waals surface area contributed by atoms with Crippen molar-refractivity contribution < 1.29 is 0 Å². The minimum Gasteiger partial charge on any atom is -0.399 e. The minimum absolute atomic E-state index is 0.0754. The predicted molar refractivity (Wildman–Crippen MR) is 106 cm³/mol. The van der Waals surface area contributed by atoms with Crippen LogP contribution in [0.4, 0.5) is 0 Å². The molecule has 1 aromatic rings. The fraction of sp³-hybridized carbons (Fsp3) is 0.381. The van der Waals surface area contributed by atoms with E-state index in [0.717, 1.165) is 28.6 Å². The summed E-state index contributed by atoms with van der Waals surface area (Å²) in [5, 5.41) is 29.6. The highest BCUT2D eigenvalue weighted by Gasteiger charge is 2.52. The summed E-state index contributed by atoms with van der Waals surface area (Å²) in [6.07, 6.45) is 2.99. The van der Waals surface area contributed by atoms with Crippen LogP contribution in [0.2, 0.25) is 0 Å². The standard InChI is InChI=1S/C21H20BrN5/c1-2-7-27-8-6-18-17(11-27)19(14-4-3-5-15(22)9-14)16(10-23)20(26)21(18,12-24)13-25/h3-6,9,17,19H,2,7-8,11,26H2,1H3/t17-,19+/m0/s1. The maximum atomic E-state index is 9.89. The van der Waals surface area contributed by atoms with E-state index < -0.39 is 5.41 Å². The maximum Gasteiger partial charge on any atom is 0.204 e. The molecule has 0 spiro atoms. The molecule has 3 rings (SSSR count). The van der Waals surface area contributed by atoms with Gasteiger partial charge in [0.1, 0.15) is 0 Å². The number of nitrogens with two attached hydrogens (primary N) is 1. The Hall–Kier alpha value is -2.59. The molecular weight excluding hydrogens is 402 g/mol. The molecule has 0 bridgehead atoms. The Balaban J connectivity index is 2.26. The van der Waals surface area contributed by atoms with Gasteiger partial charge in [0.2, 0.25) is 5.41 Å². The topological polar surface area (TPSA) is 101 Å². The molecule has 0 unspecified atom stereocenters. The number of rotatable bonds is 3. The van der Waals surface area contributed by atoms with E-state index in [4.69, 9.17) is 5.73 Å². The minimum atomic E-state index is -1.56. The highest BCUT2D eigenvalue weighted by atomic mass is 79.9. The van der Waals surface area contributed by atoms with Gasteiger partial charge in [-0.05, 0) is 36.2 Å². The molecule has 0 radical (unpaired) electrons. The van der Waals surface area contributed by atoms with Crippen LogP contribution in [0.15, 0.2) is 51.7 Å². The van der Waals surface area contributed by atoms with Crippen molar-refractivity contribution in [1.82, 2.24) is 4.90 Å².